The summed E-state index contributed by atoms with van der Waals surface area (Å²) in [5.41, 5.74) is 0.762. The molecule has 6 nitrogen and oxygen atoms in total. The molecule has 8 heteroatoms. The minimum absolute atomic E-state index is 0.235. The Morgan fingerprint density at radius 3 is 2.65 bits per heavy atom. The quantitative estimate of drug-likeness (QED) is 0.610. The molecule has 0 spiro atoms. The number of pyridine rings is 1. The molecule has 140 valence electrons. The summed E-state index contributed by atoms with van der Waals surface area (Å²) < 4.78 is 16.3. The predicted octanol–water partition coefficient (Wildman–Crippen LogP) is 3.88. The first-order valence-corrected chi connectivity index (χ1v) is 8.75. The average Bonchev–Trinajstić information content (AvgIpc) is 2.60. The van der Waals surface area contributed by atoms with Crippen molar-refractivity contribution in [3.63, 3.8) is 0 Å². The molecule has 1 N–H and O–H groups in total. The van der Waals surface area contributed by atoms with E-state index in [0.29, 0.717) is 28.3 Å². The lowest BCUT2D eigenvalue weighted by molar-refractivity contribution is -0.149. The molecule has 1 aromatic heterocycles. The normalized spacial score (nSPS) is 11.8. The second kappa shape index (κ2) is 10.2. The number of rotatable bonds is 10. The second-order valence-corrected chi connectivity index (χ2v) is 6.10. The van der Waals surface area contributed by atoms with Crippen LogP contribution in [-0.2, 0) is 16.0 Å². The minimum atomic E-state index is -1.00. The summed E-state index contributed by atoms with van der Waals surface area (Å²) in [7, 11) is 0. The number of nitrogens with zero attached hydrogens (tertiary/aromatic N) is 1. The molecular weight excluding hydrogens is 381 g/mol. The van der Waals surface area contributed by atoms with E-state index in [4.69, 9.17) is 42.5 Å². The Morgan fingerprint density at radius 2 is 1.96 bits per heavy atom. The van der Waals surface area contributed by atoms with Crippen LogP contribution in [0, 0.1) is 0 Å². The molecular formula is C18H19Cl2NO5. The molecule has 2 aromatic rings. The number of aliphatic carboxylic acids is 1. The van der Waals surface area contributed by atoms with Gasteiger partial charge < -0.3 is 19.3 Å². The molecule has 0 aliphatic heterocycles. The molecule has 0 aliphatic rings. The van der Waals surface area contributed by atoms with E-state index in [9.17, 15) is 4.79 Å². The molecule has 26 heavy (non-hydrogen) atoms. The lowest BCUT2D eigenvalue weighted by Gasteiger charge is -2.13. The minimum Gasteiger partial charge on any atom is -0.488 e. The molecule has 2 rings (SSSR count). The first kappa shape index (κ1) is 20.3. The Labute approximate surface area is 161 Å². The lowest BCUT2D eigenvalue weighted by Crippen LogP contribution is -2.26. The molecule has 0 bridgehead atoms. The molecule has 0 aliphatic carbocycles. The van der Waals surface area contributed by atoms with E-state index in [1.807, 2.05) is 0 Å². The number of aromatic nitrogens is 1. The fraction of sp³-hybridized carbons (Fsp3) is 0.333. The first-order valence-electron chi connectivity index (χ1n) is 7.99. The second-order valence-electron chi connectivity index (χ2n) is 5.26. The Bertz CT molecular complexity index is 741. The number of halogens is 2. The first-order chi connectivity index (χ1) is 12.5. The van der Waals surface area contributed by atoms with Gasteiger partial charge in [-0.3, -0.25) is 0 Å². The van der Waals surface area contributed by atoms with Crippen LogP contribution in [0.3, 0.4) is 0 Å². The zero-order valence-electron chi connectivity index (χ0n) is 14.2. The van der Waals surface area contributed by atoms with Gasteiger partial charge in [-0.15, -0.1) is 0 Å². The molecule has 0 radical (unpaired) electrons. The molecule has 0 amide bonds. The number of hydrogen-bond donors (Lipinski definition) is 1. The van der Waals surface area contributed by atoms with Crippen molar-refractivity contribution in [2.45, 2.75) is 19.4 Å². The number of ether oxygens (including phenoxy) is 3. The van der Waals surface area contributed by atoms with Crippen LogP contribution in [0.1, 0.15) is 12.5 Å². The topological polar surface area (TPSA) is 77.9 Å². The molecule has 0 fully saturated rings. The van der Waals surface area contributed by atoms with Crippen molar-refractivity contribution in [3.05, 3.63) is 52.1 Å². The van der Waals surface area contributed by atoms with E-state index in [1.165, 1.54) is 0 Å². The van der Waals surface area contributed by atoms with E-state index in [0.717, 1.165) is 5.56 Å². The van der Waals surface area contributed by atoms with Crippen LogP contribution in [0.4, 0.5) is 0 Å². The van der Waals surface area contributed by atoms with Gasteiger partial charge in [-0.05, 0) is 36.8 Å². The summed E-state index contributed by atoms with van der Waals surface area (Å²) in [6.07, 6.45) is 0.899. The standard InChI is InChI=1S/C18H19Cl2NO5/c1-2-24-16(18(22)23)9-12-5-6-21-17(10-12)26-8-7-25-15-4-3-13(19)11-14(15)20/h3-6,10-11,16H,2,7-9H2,1H3,(H,22,23). The molecule has 0 saturated carbocycles. The summed E-state index contributed by atoms with van der Waals surface area (Å²) in [5, 5.41) is 10.1. The van der Waals surface area contributed by atoms with Crippen molar-refractivity contribution in [3.8, 4) is 11.6 Å². The van der Waals surface area contributed by atoms with Crippen molar-refractivity contribution < 1.29 is 24.1 Å². The number of carbonyl (C=O) groups is 1. The Hall–Kier alpha value is -2.02. The largest absolute Gasteiger partial charge is 0.488 e. The number of carboxylic acid groups (broad SMARTS) is 1. The van der Waals surface area contributed by atoms with E-state index < -0.39 is 12.1 Å². The van der Waals surface area contributed by atoms with Gasteiger partial charge in [-0.2, -0.15) is 0 Å². The highest BCUT2D eigenvalue weighted by molar-refractivity contribution is 6.35. The van der Waals surface area contributed by atoms with Crippen LogP contribution in [0.15, 0.2) is 36.5 Å². The summed E-state index contributed by atoms with van der Waals surface area (Å²) in [5.74, 6) is -0.101. The molecule has 1 aromatic carbocycles. The summed E-state index contributed by atoms with van der Waals surface area (Å²) in [6, 6.07) is 8.38. The van der Waals surface area contributed by atoms with Crippen molar-refractivity contribution in [1.29, 1.82) is 0 Å². The summed E-state index contributed by atoms with van der Waals surface area (Å²) in [4.78, 5) is 15.3. The Balaban J connectivity index is 1.85. The number of benzene rings is 1. The van der Waals surface area contributed by atoms with Crippen LogP contribution in [0.25, 0.3) is 0 Å². The van der Waals surface area contributed by atoms with E-state index in [-0.39, 0.29) is 19.6 Å². The predicted molar refractivity (Wildman–Crippen MR) is 98.4 cm³/mol. The maximum absolute atomic E-state index is 11.2. The number of carboxylic acids is 1. The highest BCUT2D eigenvalue weighted by Gasteiger charge is 2.18. The van der Waals surface area contributed by atoms with Gasteiger partial charge in [-0.25, -0.2) is 9.78 Å². The maximum atomic E-state index is 11.2. The maximum Gasteiger partial charge on any atom is 0.333 e. The third-order valence-electron chi connectivity index (χ3n) is 3.35. The van der Waals surface area contributed by atoms with Crippen LogP contribution >= 0.6 is 23.2 Å². The average molecular weight is 400 g/mol. The number of hydrogen-bond acceptors (Lipinski definition) is 5. The van der Waals surface area contributed by atoms with Crippen molar-refractivity contribution in [2.75, 3.05) is 19.8 Å². The van der Waals surface area contributed by atoms with E-state index in [1.54, 1.807) is 43.5 Å². The SMILES string of the molecule is CCOC(Cc1ccnc(OCCOc2ccc(Cl)cc2Cl)c1)C(=O)O. The third-order valence-corrected chi connectivity index (χ3v) is 3.88. The summed E-state index contributed by atoms with van der Waals surface area (Å²) in [6.45, 7) is 2.60. The molecule has 1 atom stereocenters. The van der Waals surface area contributed by atoms with Crippen molar-refractivity contribution in [1.82, 2.24) is 4.98 Å². The van der Waals surface area contributed by atoms with Gasteiger partial charge in [0.25, 0.3) is 0 Å². The molecule has 1 unspecified atom stereocenters. The van der Waals surface area contributed by atoms with Gasteiger partial charge in [0.05, 0.1) is 5.02 Å². The smallest absolute Gasteiger partial charge is 0.333 e. The molecule has 0 saturated heterocycles. The summed E-state index contributed by atoms with van der Waals surface area (Å²) >= 11 is 11.9. The Kier molecular flexibility index (Phi) is 7.97. The fourth-order valence-electron chi connectivity index (χ4n) is 2.18. The van der Waals surface area contributed by atoms with E-state index in [2.05, 4.69) is 4.98 Å². The van der Waals surface area contributed by atoms with Crippen LogP contribution in [0.5, 0.6) is 11.6 Å². The van der Waals surface area contributed by atoms with Gasteiger partial charge in [0, 0.05) is 30.3 Å². The Morgan fingerprint density at radius 1 is 1.19 bits per heavy atom. The molecule has 1 heterocycles. The van der Waals surface area contributed by atoms with Gasteiger partial charge in [0.2, 0.25) is 5.88 Å². The van der Waals surface area contributed by atoms with Crippen molar-refractivity contribution in [2.24, 2.45) is 0 Å². The fourth-order valence-corrected chi connectivity index (χ4v) is 2.64. The highest BCUT2D eigenvalue weighted by Crippen LogP contribution is 2.27. The van der Waals surface area contributed by atoms with Crippen molar-refractivity contribution >= 4 is 29.2 Å². The van der Waals surface area contributed by atoms with Crippen LogP contribution < -0.4 is 9.47 Å². The van der Waals surface area contributed by atoms with Gasteiger partial charge in [0.15, 0.2) is 6.10 Å². The third kappa shape index (κ3) is 6.37. The van der Waals surface area contributed by atoms with Gasteiger partial charge >= 0.3 is 5.97 Å². The zero-order valence-corrected chi connectivity index (χ0v) is 15.7. The van der Waals surface area contributed by atoms with Gasteiger partial charge in [-0.1, -0.05) is 23.2 Å². The monoisotopic (exact) mass is 399 g/mol. The van der Waals surface area contributed by atoms with Gasteiger partial charge in [0.1, 0.15) is 19.0 Å². The zero-order chi connectivity index (χ0) is 18.9. The highest BCUT2D eigenvalue weighted by atomic mass is 35.5. The van der Waals surface area contributed by atoms with E-state index >= 15 is 0 Å². The lowest BCUT2D eigenvalue weighted by atomic mass is 10.1. The van der Waals surface area contributed by atoms with Crippen LogP contribution in [0.2, 0.25) is 10.0 Å². The van der Waals surface area contributed by atoms with Crippen LogP contribution in [-0.4, -0.2) is 42.0 Å².